The van der Waals surface area contributed by atoms with Gasteiger partial charge < -0.3 is 10.2 Å². The van der Waals surface area contributed by atoms with Crippen LogP contribution in [0, 0.1) is 36.8 Å². The molecule has 29 heavy (non-hydrogen) atoms. The SMILES string of the molecule is Cc1nn(CCC#N)c(C)c1CCC(=O)Nc1cc(F)c(N2CCCC2)c(F)c1. The van der Waals surface area contributed by atoms with E-state index in [1.807, 2.05) is 13.8 Å². The normalized spacial score (nSPS) is 13.6. The Balaban J connectivity index is 1.63. The number of nitrogens with zero attached hydrogens (tertiary/aromatic N) is 4. The van der Waals surface area contributed by atoms with Crippen LogP contribution in [0.3, 0.4) is 0 Å². The van der Waals surface area contributed by atoms with Gasteiger partial charge in [-0.1, -0.05) is 0 Å². The van der Waals surface area contributed by atoms with Crippen LogP contribution in [-0.4, -0.2) is 28.8 Å². The number of halogens is 2. The Morgan fingerprint density at radius 1 is 1.24 bits per heavy atom. The lowest BCUT2D eigenvalue weighted by Crippen LogP contribution is -2.21. The van der Waals surface area contributed by atoms with Crippen LogP contribution in [0.15, 0.2) is 12.1 Å². The first kappa shape index (κ1) is 20.8. The maximum atomic E-state index is 14.4. The topological polar surface area (TPSA) is 73.9 Å². The number of carbonyl (C=O) groups excluding carboxylic acids is 1. The van der Waals surface area contributed by atoms with E-state index in [4.69, 9.17) is 5.26 Å². The van der Waals surface area contributed by atoms with Gasteiger partial charge in [-0.2, -0.15) is 10.4 Å². The fourth-order valence-corrected chi connectivity index (χ4v) is 3.81. The molecule has 0 radical (unpaired) electrons. The highest BCUT2D eigenvalue weighted by molar-refractivity contribution is 5.91. The number of nitrogens with one attached hydrogen (secondary N) is 1. The maximum absolute atomic E-state index is 14.4. The number of amides is 1. The first-order chi connectivity index (χ1) is 13.9. The number of hydrogen-bond acceptors (Lipinski definition) is 4. The summed E-state index contributed by atoms with van der Waals surface area (Å²) in [5.74, 6) is -1.64. The fraction of sp³-hybridized carbons (Fsp3) is 0.476. The Bertz CT molecular complexity index is 918. The summed E-state index contributed by atoms with van der Waals surface area (Å²) < 4.78 is 30.6. The summed E-state index contributed by atoms with van der Waals surface area (Å²) in [6, 6.07) is 4.43. The summed E-state index contributed by atoms with van der Waals surface area (Å²) in [6.45, 7) is 5.56. The zero-order valence-corrected chi connectivity index (χ0v) is 16.8. The number of anilines is 2. The van der Waals surface area contributed by atoms with Gasteiger partial charge in [-0.3, -0.25) is 9.48 Å². The quantitative estimate of drug-likeness (QED) is 0.765. The zero-order valence-electron chi connectivity index (χ0n) is 16.8. The second-order valence-electron chi connectivity index (χ2n) is 7.31. The molecule has 8 heteroatoms. The number of carbonyl (C=O) groups is 1. The molecular weight excluding hydrogens is 376 g/mol. The van der Waals surface area contributed by atoms with E-state index in [1.165, 1.54) is 12.1 Å². The molecule has 3 rings (SSSR count). The first-order valence-electron chi connectivity index (χ1n) is 9.84. The summed E-state index contributed by atoms with van der Waals surface area (Å²) in [7, 11) is 0. The average Bonchev–Trinajstić information content (AvgIpc) is 3.27. The van der Waals surface area contributed by atoms with E-state index >= 15 is 0 Å². The van der Waals surface area contributed by atoms with Gasteiger partial charge >= 0.3 is 0 Å². The van der Waals surface area contributed by atoms with Gasteiger partial charge in [-0.15, -0.1) is 0 Å². The maximum Gasteiger partial charge on any atom is 0.224 e. The third-order valence-electron chi connectivity index (χ3n) is 5.29. The van der Waals surface area contributed by atoms with E-state index in [1.54, 1.807) is 9.58 Å². The lowest BCUT2D eigenvalue weighted by Gasteiger charge is -2.19. The van der Waals surface area contributed by atoms with Gasteiger partial charge in [0.2, 0.25) is 5.91 Å². The van der Waals surface area contributed by atoms with Crippen molar-refractivity contribution in [2.75, 3.05) is 23.3 Å². The summed E-state index contributed by atoms with van der Waals surface area (Å²) in [4.78, 5) is 14.0. The average molecular weight is 401 g/mol. The largest absolute Gasteiger partial charge is 0.367 e. The number of rotatable bonds is 7. The summed E-state index contributed by atoms with van der Waals surface area (Å²) in [5.41, 5.74) is 2.81. The molecule has 1 aliphatic rings. The van der Waals surface area contributed by atoms with Crippen molar-refractivity contribution in [2.45, 2.75) is 52.5 Å². The molecular formula is C21H25F2N5O. The molecule has 2 heterocycles. The van der Waals surface area contributed by atoms with E-state index in [2.05, 4.69) is 16.5 Å². The highest BCUT2D eigenvalue weighted by atomic mass is 19.1. The lowest BCUT2D eigenvalue weighted by molar-refractivity contribution is -0.116. The molecule has 0 unspecified atom stereocenters. The molecule has 1 amide bonds. The molecule has 154 valence electrons. The summed E-state index contributed by atoms with van der Waals surface area (Å²) >= 11 is 0. The summed E-state index contributed by atoms with van der Waals surface area (Å²) in [6.07, 6.45) is 2.84. The van der Waals surface area contributed by atoms with E-state index < -0.39 is 11.6 Å². The van der Waals surface area contributed by atoms with Crippen molar-refractivity contribution in [3.8, 4) is 6.07 Å². The smallest absolute Gasteiger partial charge is 0.224 e. The van der Waals surface area contributed by atoms with E-state index in [0.29, 0.717) is 32.5 Å². The molecule has 2 aromatic rings. The zero-order chi connectivity index (χ0) is 21.0. The number of aryl methyl sites for hydroxylation is 2. The van der Waals surface area contributed by atoms with Gasteiger partial charge in [0.05, 0.1) is 24.7 Å². The molecule has 1 aliphatic heterocycles. The predicted molar refractivity (Wildman–Crippen MR) is 107 cm³/mol. The van der Waals surface area contributed by atoms with Crippen LogP contribution in [0.4, 0.5) is 20.2 Å². The molecule has 1 saturated heterocycles. The van der Waals surface area contributed by atoms with Gasteiger partial charge in [0, 0.05) is 30.9 Å². The van der Waals surface area contributed by atoms with Crippen LogP contribution < -0.4 is 10.2 Å². The standard InChI is InChI=1S/C21H25F2N5O/c1-14-17(15(2)28(26-14)11-5-8-24)6-7-20(29)25-16-12-18(22)21(19(23)13-16)27-9-3-4-10-27/h12-13H,3-7,9-11H2,1-2H3,(H,25,29). The minimum absolute atomic E-state index is 0.0171. The first-order valence-corrected chi connectivity index (χ1v) is 9.84. The van der Waals surface area contributed by atoms with E-state index in [-0.39, 0.29) is 23.7 Å². The van der Waals surface area contributed by atoms with Gasteiger partial charge in [0.1, 0.15) is 5.69 Å². The van der Waals surface area contributed by atoms with Crippen molar-refractivity contribution in [1.82, 2.24) is 9.78 Å². The Morgan fingerprint density at radius 3 is 2.52 bits per heavy atom. The van der Waals surface area contributed by atoms with Crippen molar-refractivity contribution in [3.05, 3.63) is 40.7 Å². The Morgan fingerprint density at radius 2 is 1.90 bits per heavy atom. The van der Waals surface area contributed by atoms with Crippen molar-refractivity contribution < 1.29 is 13.6 Å². The van der Waals surface area contributed by atoms with Crippen LogP contribution in [0.25, 0.3) is 0 Å². The molecule has 0 bridgehead atoms. The number of aromatic nitrogens is 2. The van der Waals surface area contributed by atoms with Crippen LogP contribution in [-0.2, 0) is 17.8 Å². The second-order valence-corrected chi connectivity index (χ2v) is 7.31. The molecule has 0 aliphatic carbocycles. The fourth-order valence-electron chi connectivity index (χ4n) is 3.81. The van der Waals surface area contributed by atoms with Gasteiger partial charge in [-0.25, -0.2) is 8.78 Å². The predicted octanol–water partition coefficient (Wildman–Crippen LogP) is 3.86. The molecule has 1 N–H and O–H groups in total. The molecule has 6 nitrogen and oxygen atoms in total. The van der Waals surface area contributed by atoms with Gasteiger partial charge in [0.25, 0.3) is 0 Å². The molecule has 0 saturated carbocycles. The van der Waals surface area contributed by atoms with Crippen LogP contribution >= 0.6 is 0 Å². The van der Waals surface area contributed by atoms with E-state index in [0.717, 1.165) is 29.8 Å². The van der Waals surface area contributed by atoms with Crippen molar-refractivity contribution in [1.29, 1.82) is 5.26 Å². The van der Waals surface area contributed by atoms with Crippen LogP contribution in [0.1, 0.15) is 42.6 Å². The van der Waals surface area contributed by atoms with Crippen molar-refractivity contribution in [2.24, 2.45) is 0 Å². The van der Waals surface area contributed by atoms with Crippen molar-refractivity contribution >= 4 is 17.3 Å². The summed E-state index contributed by atoms with van der Waals surface area (Å²) in [5, 5.41) is 15.7. The Labute approximate surface area is 169 Å². The number of benzene rings is 1. The van der Waals surface area contributed by atoms with Gasteiger partial charge in [-0.05, 0) is 50.8 Å². The second kappa shape index (κ2) is 9.03. The van der Waals surface area contributed by atoms with Crippen LogP contribution in [0.5, 0.6) is 0 Å². The Hall–Kier alpha value is -2.95. The molecule has 0 atom stereocenters. The third-order valence-corrected chi connectivity index (χ3v) is 5.29. The van der Waals surface area contributed by atoms with Crippen LogP contribution in [0.2, 0.25) is 0 Å². The molecule has 1 aromatic carbocycles. The minimum atomic E-state index is -0.660. The third kappa shape index (κ3) is 4.73. The monoisotopic (exact) mass is 401 g/mol. The van der Waals surface area contributed by atoms with E-state index in [9.17, 15) is 13.6 Å². The minimum Gasteiger partial charge on any atom is -0.367 e. The van der Waals surface area contributed by atoms with Crippen molar-refractivity contribution in [3.63, 3.8) is 0 Å². The molecule has 0 spiro atoms. The lowest BCUT2D eigenvalue weighted by atomic mass is 10.1. The molecule has 1 aromatic heterocycles. The number of nitriles is 1. The molecule has 1 fully saturated rings. The highest BCUT2D eigenvalue weighted by Gasteiger charge is 2.21. The number of hydrogen-bond donors (Lipinski definition) is 1. The van der Waals surface area contributed by atoms with Gasteiger partial charge in [0.15, 0.2) is 11.6 Å². The highest BCUT2D eigenvalue weighted by Crippen LogP contribution is 2.29. The Kier molecular flexibility index (Phi) is 6.47.